The zero-order chi connectivity index (χ0) is 17.8. The molecule has 0 spiro atoms. The van der Waals surface area contributed by atoms with Gasteiger partial charge < -0.3 is 15.0 Å². The van der Waals surface area contributed by atoms with E-state index in [4.69, 9.17) is 4.74 Å². The van der Waals surface area contributed by atoms with Gasteiger partial charge in [-0.3, -0.25) is 9.59 Å². The molecule has 1 N–H and O–H groups in total. The van der Waals surface area contributed by atoms with Crippen LogP contribution in [0.2, 0.25) is 0 Å². The summed E-state index contributed by atoms with van der Waals surface area (Å²) in [6.45, 7) is 1.13. The summed E-state index contributed by atoms with van der Waals surface area (Å²) in [5.74, 6) is -1.01. The fourth-order valence-electron chi connectivity index (χ4n) is 3.02. The fraction of sp³-hybridized carbons (Fsp3) is 0.263. The highest BCUT2D eigenvalue weighted by molar-refractivity contribution is 5.98. The van der Waals surface area contributed by atoms with Crippen molar-refractivity contribution >= 4 is 11.8 Å². The zero-order valence-electron chi connectivity index (χ0n) is 13.9. The third kappa shape index (κ3) is 3.69. The Balaban J connectivity index is 1.93. The molecule has 1 heterocycles. The molecule has 2 aromatic rings. The molecule has 6 heteroatoms. The van der Waals surface area contributed by atoms with Gasteiger partial charge in [0.15, 0.2) is 0 Å². The Morgan fingerprint density at radius 3 is 2.84 bits per heavy atom. The second kappa shape index (κ2) is 7.44. The summed E-state index contributed by atoms with van der Waals surface area (Å²) in [5.41, 5.74) is 1.81. The van der Waals surface area contributed by atoms with Gasteiger partial charge in [0.2, 0.25) is 5.91 Å². The van der Waals surface area contributed by atoms with Crippen molar-refractivity contribution in [1.82, 2.24) is 10.2 Å². The number of nitrogens with one attached hydrogen (secondary N) is 1. The number of hydrogen-bond acceptors (Lipinski definition) is 3. The van der Waals surface area contributed by atoms with Crippen molar-refractivity contribution in [3.63, 3.8) is 0 Å². The second-order valence-corrected chi connectivity index (χ2v) is 5.88. The molecule has 1 aliphatic rings. The first-order valence-electron chi connectivity index (χ1n) is 8.02. The quantitative estimate of drug-likeness (QED) is 0.927. The van der Waals surface area contributed by atoms with Crippen LogP contribution in [0, 0.1) is 5.82 Å². The number of nitrogens with zero attached hydrogens (tertiary/aromatic N) is 1. The van der Waals surface area contributed by atoms with Crippen LogP contribution in [-0.4, -0.2) is 36.9 Å². The molecule has 2 amide bonds. The number of ether oxygens (including phenoxy) is 1. The van der Waals surface area contributed by atoms with Gasteiger partial charge in [0.25, 0.3) is 5.91 Å². The molecule has 1 saturated heterocycles. The number of piperazine rings is 1. The van der Waals surface area contributed by atoms with Crippen LogP contribution in [0.5, 0.6) is 0 Å². The van der Waals surface area contributed by atoms with Gasteiger partial charge in [-0.25, -0.2) is 4.39 Å². The first-order valence-corrected chi connectivity index (χ1v) is 8.02. The number of amides is 2. The van der Waals surface area contributed by atoms with Crippen LogP contribution in [0.4, 0.5) is 4.39 Å². The van der Waals surface area contributed by atoms with Crippen molar-refractivity contribution in [1.29, 1.82) is 0 Å². The number of carbonyl (C=O) groups is 2. The number of carbonyl (C=O) groups excluding carboxylic acids is 2. The Bertz CT molecular complexity index is 794. The van der Waals surface area contributed by atoms with Crippen molar-refractivity contribution < 1.29 is 18.7 Å². The summed E-state index contributed by atoms with van der Waals surface area (Å²) in [6.07, 6.45) is 0. The molecule has 25 heavy (non-hydrogen) atoms. The minimum atomic E-state index is -0.844. The maximum atomic E-state index is 13.6. The predicted octanol–water partition coefficient (Wildman–Crippen LogP) is 2.29. The van der Waals surface area contributed by atoms with Crippen LogP contribution in [0.25, 0.3) is 0 Å². The highest BCUT2D eigenvalue weighted by Gasteiger charge is 2.35. The Morgan fingerprint density at radius 1 is 1.28 bits per heavy atom. The third-order valence-corrected chi connectivity index (χ3v) is 4.12. The second-order valence-electron chi connectivity index (χ2n) is 5.88. The highest BCUT2D eigenvalue weighted by Crippen LogP contribution is 2.26. The molecule has 130 valence electrons. The Kier molecular flexibility index (Phi) is 5.09. The van der Waals surface area contributed by atoms with E-state index >= 15 is 0 Å². The molecule has 2 aromatic carbocycles. The molecule has 3 rings (SSSR count). The molecule has 1 aliphatic heterocycles. The molecular weight excluding hydrogens is 323 g/mol. The van der Waals surface area contributed by atoms with Crippen molar-refractivity contribution in [2.24, 2.45) is 0 Å². The van der Waals surface area contributed by atoms with Gasteiger partial charge in [0.1, 0.15) is 11.9 Å². The van der Waals surface area contributed by atoms with E-state index in [9.17, 15) is 14.0 Å². The fourth-order valence-corrected chi connectivity index (χ4v) is 3.02. The lowest BCUT2D eigenvalue weighted by atomic mass is 10.0. The smallest absolute Gasteiger partial charge is 0.254 e. The molecule has 0 aromatic heterocycles. The number of hydrogen-bond donors (Lipinski definition) is 1. The van der Waals surface area contributed by atoms with Gasteiger partial charge in [-0.1, -0.05) is 24.3 Å². The van der Waals surface area contributed by atoms with E-state index in [0.717, 1.165) is 5.56 Å². The van der Waals surface area contributed by atoms with Crippen LogP contribution in [0.3, 0.4) is 0 Å². The average Bonchev–Trinajstić information content (AvgIpc) is 2.61. The Hall–Kier alpha value is -2.73. The maximum Gasteiger partial charge on any atom is 0.254 e. The van der Waals surface area contributed by atoms with Crippen LogP contribution >= 0.6 is 0 Å². The maximum absolute atomic E-state index is 13.6. The van der Waals surface area contributed by atoms with Gasteiger partial charge in [-0.15, -0.1) is 0 Å². The van der Waals surface area contributed by atoms with Crippen LogP contribution in [0.1, 0.15) is 27.5 Å². The Morgan fingerprint density at radius 2 is 2.08 bits per heavy atom. The topological polar surface area (TPSA) is 58.6 Å². The molecule has 0 unspecified atom stereocenters. The van der Waals surface area contributed by atoms with E-state index in [-0.39, 0.29) is 11.8 Å². The van der Waals surface area contributed by atoms with Gasteiger partial charge in [-0.05, 0) is 35.4 Å². The standard InChI is InChI=1S/C19H19FN2O3/c1-25-12-13-4-2-6-15(10-13)19(24)22-9-8-21-18(23)17(22)14-5-3-7-16(20)11-14/h2-7,10-11,17H,8-9,12H2,1H3,(H,21,23)/t17-/m1/s1. The lowest BCUT2D eigenvalue weighted by Crippen LogP contribution is -2.52. The zero-order valence-corrected chi connectivity index (χ0v) is 13.9. The van der Waals surface area contributed by atoms with Crippen molar-refractivity contribution in [3.8, 4) is 0 Å². The van der Waals surface area contributed by atoms with E-state index in [0.29, 0.717) is 30.8 Å². The predicted molar refractivity (Wildman–Crippen MR) is 90.3 cm³/mol. The number of halogens is 1. The molecule has 0 bridgehead atoms. The van der Waals surface area contributed by atoms with Gasteiger partial charge >= 0.3 is 0 Å². The number of benzene rings is 2. The molecular formula is C19H19FN2O3. The lowest BCUT2D eigenvalue weighted by molar-refractivity contribution is -0.128. The third-order valence-electron chi connectivity index (χ3n) is 4.12. The molecule has 0 aliphatic carbocycles. The van der Waals surface area contributed by atoms with E-state index in [2.05, 4.69) is 5.32 Å². The summed E-state index contributed by atoms with van der Waals surface area (Å²) >= 11 is 0. The molecule has 5 nitrogen and oxygen atoms in total. The largest absolute Gasteiger partial charge is 0.380 e. The number of rotatable bonds is 4. The van der Waals surface area contributed by atoms with Crippen LogP contribution < -0.4 is 5.32 Å². The minimum absolute atomic E-state index is 0.262. The SMILES string of the molecule is COCc1cccc(C(=O)N2CCNC(=O)[C@H]2c2cccc(F)c2)c1. The average molecular weight is 342 g/mol. The summed E-state index contributed by atoms with van der Waals surface area (Å²) in [6, 6.07) is 12.0. The highest BCUT2D eigenvalue weighted by atomic mass is 19.1. The van der Waals surface area contributed by atoms with Crippen molar-refractivity contribution in [3.05, 3.63) is 71.0 Å². The van der Waals surface area contributed by atoms with Crippen molar-refractivity contribution in [2.45, 2.75) is 12.6 Å². The van der Waals surface area contributed by atoms with E-state index in [1.165, 1.54) is 23.1 Å². The van der Waals surface area contributed by atoms with E-state index < -0.39 is 11.9 Å². The normalized spacial score (nSPS) is 17.3. The Labute approximate surface area is 145 Å². The summed E-state index contributed by atoms with van der Waals surface area (Å²) in [7, 11) is 1.59. The molecule has 0 saturated carbocycles. The van der Waals surface area contributed by atoms with Crippen LogP contribution in [-0.2, 0) is 16.1 Å². The van der Waals surface area contributed by atoms with Gasteiger partial charge in [-0.2, -0.15) is 0 Å². The molecule has 1 atom stereocenters. The van der Waals surface area contributed by atoms with Gasteiger partial charge in [0, 0.05) is 25.8 Å². The van der Waals surface area contributed by atoms with Gasteiger partial charge in [0.05, 0.1) is 6.61 Å². The summed E-state index contributed by atoms with van der Waals surface area (Å²) < 4.78 is 18.7. The first-order chi connectivity index (χ1) is 12.1. The van der Waals surface area contributed by atoms with E-state index in [1.54, 1.807) is 31.4 Å². The first kappa shape index (κ1) is 17.1. The van der Waals surface area contributed by atoms with Crippen molar-refractivity contribution in [2.75, 3.05) is 20.2 Å². The minimum Gasteiger partial charge on any atom is -0.380 e. The van der Waals surface area contributed by atoms with E-state index in [1.807, 2.05) is 6.07 Å². The summed E-state index contributed by atoms with van der Waals surface area (Å²) in [4.78, 5) is 26.8. The number of methoxy groups -OCH3 is 1. The molecule has 1 fully saturated rings. The summed E-state index contributed by atoms with van der Waals surface area (Å²) in [5, 5.41) is 2.74. The van der Waals surface area contributed by atoms with Crippen LogP contribution in [0.15, 0.2) is 48.5 Å². The molecule has 0 radical (unpaired) electrons. The lowest BCUT2D eigenvalue weighted by Gasteiger charge is -2.35. The monoisotopic (exact) mass is 342 g/mol.